The highest BCUT2D eigenvalue weighted by Crippen LogP contribution is 2.42. The van der Waals surface area contributed by atoms with Gasteiger partial charge >= 0.3 is 0 Å². The summed E-state index contributed by atoms with van der Waals surface area (Å²) >= 11 is 0. The molecule has 1 aromatic rings. The Kier molecular flexibility index (Phi) is 3.54. The fourth-order valence-corrected chi connectivity index (χ4v) is 2.35. The Morgan fingerprint density at radius 1 is 1.31 bits per heavy atom. The number of rotatable bonds is 4. The molecule has 0 aliphatic heterocycles. The van der Waals surface area contributed by atoms with Crippen molar-refractivity contribution >= 4 is 0 Å². The molecule has 1 aliphatic carbocycles. The second-order valence-corrected chi connectivity index (χ2v) is 4.50. The zero-order valence-electron chi connectivity index (χ0n) is 9.20. The van der Waals surface area contributed by atoms with Crippen molar-refractivity contribution in [1.29, 1.82) is 0 Å². The lowest BCUT2D eigenvalue weighted by molar-refractivity contribution is 0.0617. The molecule has 2 rings (SSSR count). The molecule has 1 aliphatic rings. The molecule has 1 aromatic carbocycles. The third kappa shape index (κ3) is 2.24. The largest absolute Gasteiger partial charge is 0.326 e. The van der Waals surface area contributed by atoms with E-state index in [0.717, 1.165) is 30.4 Å². The van der Waals surface area contributed by atoms with Crippen LogP contribution in [0.1, 0.15) is 36.3 Å². The summed E-state index contributed by atoms with van der Waals surface area (Å²) in [6.07, 6.45) is 0.687. The second kappa shape index (κ2) is 4.91. The average Bonchev–Trinajstić information content (AvgIpc) is 2.22. The van der Waals surface area contributed by atoms with Crippen LogP contribution < -0.4 is 5.73 Å². The predicted octanol–water partition coefficient (Wildman–Crippen LogP) is 3.29. The summed E-state index contributed by atoms with van der Waals surface area (Å²) in [4.78, 5) is 0. The molecule has 88 valence electrons. The average molecular weight is 225 g/mol. The Labute approximate surface area is 94.7 Å². The minimum Gasteiger partial charge on any atom is -0.326 e. The molecule has 0 radical (unpaired) electrons. The highest BCUT2D eigenvalue weighted by atomic mass is 19.3. The Hall–Kier alpha value is -0.960. The summed E-state index contributed by atoms with van der Waals surface area (Å²) in [5.41, 5.74) is 7.22. The first-order chi connectivity index (χ1) is 7.72. The molecule has 3 heteroatoms. The van der Waals surface area contributed by atoms with Gasteiger partial charge in [0, 0.05) is 12.5 Å². The summed E-state index contributed by atoms with van der Waals surface area (Å²) in [5.74, 6) is -0.437. The molecule has 1 nitrogen and oxygen atoms in total. The molecule has 0 aromatic heterocycles. The van der Waals surface area contributed by atoms with Gasteiger partial charge in [0.15, 0.2) is 0 Å². The standard InChI is InChI=1S/C13H17F2N/c14-13(15)12(10-4-2-5-10)11-6-1-3-9(7-11)8-16/h1,3,6-7,10,12-13H,2,4-5,8,16H2. The maximum absolute atomic E-state index is 13.1. The van der Waals surface area contributed by atoms with E-state index in [4.69, 9.17) is 5.73 Å². The number of hydrogen-bond donors (Lipinski definition) is 1. The fourth-order valence-electron chi connectivity index (χ4n) is 2.35. The number of halogens is 2. The van der Waals surface area contributed by atoms with E-state index in [1.54, 1.807) is 6.07 Å². The van der Waals surface area contributed by atoms with Crippen LogP contribution in [0.5, 0.6) is 0 Å². The monoisotopic (exact) mass is 225 g/mol. The van der Waals surface area contributed by atoms with Crippen molar-refractivity contribution in [2.24, 2.45) is 11.7 Å². The molecular formula is C13H17F2N. The summed E-state index contributed by atoms with van der Waals surface area (Å²) in [5, 5.41) is 0. The highest BCUT2D eigenvalue weighted by Gasteiger charge is 2.34. The molecular weight excluding hydrogens is 208 g/mol. The fraction of sp³-hybridized carbons (Fsp3) is 0.538. The summed E-state index contributed by atoms with van der Waals surface area (Å²) in [6, 6.07) is 7.34. The maximum Gasteiger partial charge on any atom is 0.245 e. The van der Waals surface area contributed by atoms with Crippen molar-refractivity contribution in [2.45, 2.75) is 38.2 Å². The van der Waals surface area contributed by atoms with Crippen LogP contribution in [0.25, 0.3) is 0 Å². The van der Waals surface area contributed by atoms with Crippen molar-refractivity contribution in [3.8, 4) is 0 Å². The number of alkyl halides is 2. The topological polar surface area (TPSA) is 26.0 Å². The predicted molar refractivity (Wildman–Crippen MR) is 60.4 cm³/mol. The van der Waals surface area contributed by atoms with Crippen LogP contribution in [0.4, 0.5) is 8.78 Å². The normalized spacial score (nSPS) is 18.5. The third-order valence-corrected chi connectivity index (χ3v) is 3.50. The Morgan fingerprint density at radius 3 is 2.56 bits per heavy atom. The molecule has 16 heavy (non-hydrogen) atoms. The molecule has 0 bridgehead atoms. The van der Waals surface area contributed by atoms with Gasteiger partial charge in [-0.3, -0.25) is 0 Å². The van der Waals surface area contributed by atoms with Crippen LogP contribution in [0.15, 0.2) is 24.3 Å². The van der Waals surface area contributed by atoms with Crippen LogP contribution >= 0.6 is 0 Å². The lowest BCUT2D eigenvalue weighted by Crippen LogP contribution is -2.25. The molecule has 0 saturated heterocycles. The van der Waals surface area contributed by atoms with Gasteiger partial charge in [0.25, 0.3) is 0 Å². The van der Waals surface area contributed by atoms with E-state index in [0.29, 0.717) is 6.54 Å². The summed E-state index contributed by atoms with van der Waals surface area (Å²) in [6.45, 7) is 0.411. The van der Waals surface area contributed by atoms with Crippen LogP contribution in [-0.4, -0.2) is 6.43 Å². The first-order valence-electron chi connectivity index (χ1n) is 5.79. The minimum atomic E-state index is -2.27. The molecule has 1 fully saturated rings. The Balaban J connectivity index is 2.23. The van der Waals surface area contributed by atoms with Gasteiger partial charge in [-0.15, -0.1) is 0 Å². The van der Waals surface area contributed by atoms with Gasteiger partial charge < -0.3 is 5.73 Å². The zero-order valence-corrected chi connectivity index (χ0v) is 9.20. The van der Waals surface area contributed by atoms with E-state index >= 15 is 0 Å². The minimum absolute atomic E-state index is 0.160. The van der Waals surface area contributed by atoms with Crippen LogP contribution in [0.3, 0.4) is 0 Å². The number of hydrogen-bond acceptors (Lipinski definition) is 1. The number of benzene rings is 1. The molecule has 2 N–H and O–H groups in total. The third-order valence-electron chi connectivity index (χ3n) is 3.50. The smallest absolute Gasteiger partial charge is 0.245 e. The first kappa shape index (κ1) is 11.5. The first-order valence-corrected chi connectivity index (χ1v) is 5.79. The quantitative estimate of drug-likeness (QED) is 0.836. The zero-order chi connectivity index (χ0) is 11.5. The van der Waals surface area contributed by atoms with E-state index in [9.17, 15) is 8.78 Å². The van der Waals surface area contributed by atoms with E-state index in [-0.39, 0.29) is 5.92 Å². The molecule has 0 amide bonds. The van der Waals surface area contributed by atoms with Gasteiger partial charge in [-0.05, 0) is 29.9 Å². The summed E-state index contributed by atoms with van der Waals surface area (Å²) in [7, 11) is 0. The van der Waals surface area contributed by atoms with Gasteiger partial charge in [0.1, 0.15) is 0 Å². The van der Waals surface area contributed by atoms with Gasteiger partial charge in [0.2, 0.25) is 6.43 Å². The molecule has 1 unspecified atom stereocenters. The lowest BCUT2D eigenvalue weighted by Gasteiger charge is -2.33. The van der Waals surface area contributed by atoms with Crippen molar-refractivity contribution in [3.05, 3.63) is 35.4 Å². The van der Waals surface area contributed by atoms with Gasteiger partial charge in [-0.1, -0.05) is 30.7 Å². The van der Waals surface area contributed by atoms with E-state index in [2.05, 4.69) is 0 Å². The Bertz CT molecular complexity index is 348. The van der Waals surface area contributed by atoms with Crippen LogP contribution in [-0.2, 0) is 6.54 Å². The van der Waals surface area contributed by atoms with Crippen molar-refractivity contribution in [2.75, 3.05) is 0 Å². The lowest BCUT2D eigenvalue weighted by atomic mass is 9.73. The molecule has 0 heterocycles. The highest BCUT2D eigenvalue weighted by molar-refractivity contribution is 5.27. The maximum atomic E-state index is 13.1. The number of nitrogens with two attached hydrogens (primary N) is 1. The Morgan fingerprint density at radius 2 is 2.06 bits per heavy atom. The van der Waals surface area contributed by atoms with Crippen LogP contribution in [0.2, 0.25) is 0 Å². The van der Waals surface area contributed by atoms with Crippen molar-refractivity contribution in [3.63, 3.8) is 0 Å². The van der Waals surface area contributed by atoms with Crippen LogP contribution in [0, 0.1) is 5.92 Å². The van der Waals surface area contributed by atoms with E-state index in [1.807, 2.05) is 18.2 Å². The van der Waals surface area contributed by atoms with Gasteiger partial charge in [-0.25, -0.2) is 8.78 Å². The van der Waals surface area contributed by atoms with Gasteiger partial charge in [0.05, 0.1) is 0 Å². The molecule has 0 spiro atoms. The van der Waals surface area contributed by atoms with E-state index < -0.39 is 12.3 Å². The second-order valence-electron chi connectivity index (χ2n) is 4.50. The SMILES string of the molecule is NCc1cccc(C(C(F)F)C2CCC2)c1. The van der Waals surface area contributed by atoms with E-state index in [1.165, 1.54) is 0 Å². The van der Waals surface area contributed by atoms with Crippen molar-refractivity contribution < 1.29 is 8.78 Å². The van der Waals surface area contributed by atoms with Crippen molar-refractivity contribution in [1.82, 2.24) is 0 Å². The molecule has 1 saturated carbocycles. The molecule has 1 atom stereocenters. The summed E-state index contributed by atoms with van der Waals surface area (Å²) < 4.78 is 26.1. The van der Waals surface area contributed by atoms with Gasteiger partial charge in [-0.2, -0.15) is 0 Å².